The summed E-state index contributed by atoms with van der Waals surface area (Å²) in [5.74, 6) is 5.55. The highest BCUT2D eigenvalue weighted by Gasteiger charge is 2.13. The van der Waals surface area contributed by atoms with Gasteiger partial charge in [0.05, 0.1) is 29.2 Å². The van der Waals surface area contributed by atoms with Crippen molar-refractivity contribution in [3.05, 3.63) is 46.4 Å². The van der Waals surface area contributed by atoms with Crippen molar-refractivity contribution in [2.75, 3.05) is 6.54 Å². The first-order chi connectivity index (χ1) is 9.62. The molecule has 7 heteroatoms. The fourth-order valence-electron chi connectivity index (χ4n) is 1.45. The van der Waals surface area contributed by atoms with E-state index in [1.165, 1.54) is 23.5 Å². The lowest BCUT2D eigenvalue weighted by atomic mass is 10.2. The van der Waals surface area contributed by atoms with Gasteiger partial charge in [-0.2, -0.15) is 0 Å². The Kier molecular flexibility index (Phi) is 4.87. The summed E-state index contributed by atoms with van der Waals surface area (Å²) in [5.41, 5.74) is 8.37. The lowest BCUT2D eigenvalue weighted by Gasteiger charge is -2.05. The number of benzene rings is 1. The maximum atomic E-state index is 12.1. The van der Waals surface area contributed by atoms with Crippen LogP contribution in [0.2, 0.25) is 0 Å². The van der Waals surface area contributed by atoms with Crippen LogP contribution < -0.4 is 10.5 Å². The second-order valence-corrected chi connectivity index (χ2v) is 6.32. The molecule has 0 aliphatic carbocycles. The minimum Gasteiger partial charge on any atom is -0.320 e. The van der Waals surface area contributed by atoms with E-state index in [-0.39, 0.29) is 18.0 Å². The van der Waals surface area contributed by atoms with Gasteiger partial charge in [0.15, 0.2) is 0 Å². The number of nitrogens with zero attached hydrogens (tertiary/aromatic N) is 1. The van der Waals surface area contributed by atoms with Gasteiger partial charge in [-0.15, -0.1) is 11.3 Å². The Balaban J connectivity index is 2.09. The lowest BCUT2D eigenvalue weighted by molar-refractivity contribution is 0.580. The van der Waals surface area contributed by atoms with E-state index in [4.69, 9.17) is 5.73 Å². The average molecular weight is 307 g/mol. The number of hydrogen-bond donors (Lipinski definition) is 2. The molecule has 0 spiro atoms. The lowest BCUT2D eigenvalue weighted by Crippen LogP contribution is -2.23. The first kappa shape index (κ1) is 14.7. The molecule has 2 aromatic rings. The van der Waals surface area contributed by atoms with Crippen LogP contribution in [-0.4, -0.2) is 19.9 Å². The summed E-state index contributed by atoms with van der Waals surface area (Å²) < 4.78 is 26.6. The zero-order chi connectivity index (χ0) is 14.4. The molecule has 0 aliphatic rings. The topological polar surface area (TPSA) is 85.1 Å². The Morgan fingerprint density at radius 3 is 2.65 bits per heavy atom. The molecule has 5 nitrogen and oxygen atoms in total. The zero-order valence-electron chi connectivity index (χ0n) is 10.5. The molecule has 0 radical (unpaired) electrons. The van der Waals surface area contributed by atoms with Gasteiger partial charge in [0.25, 0.3) is 0 Å². The monoisotopic (exact) mass is 307 g/mol. The van der Waals surface area contributed by atoms with Crippen molar-refractivity contribution in [3.8, 4) is 11.8 Å². The highest BCUT2D eigenvalue weighted by Crippen LogP contribution is 2.11. The molecule has 0 atom stereocenters. The normalized spacial score (nSPS) is 10.8. The highest BCUT2D eigenvalue weighted by molar-refractivity contribution is 7.89. The van der Waals surface area contributed by atoms with E-state index in [1.807, 2.05) is 0 Å². The van der Waals surface area contributed by atoms with Gasteiger partial charge in [0.1, 0.15) is 0 Å². The van der Waals surface area contributed by atoms with Gasteiger partial charge in [-0.05, 0) is 24.3 Å². The minimum absolute atomic E-state index is 0.181. The van der Waals surface area contributed by atoms with Crippen LogP contribution in [0.15, 0.2) is 40.1 Å². The molecular weight excluding hydrogens is 294 g/mol. The molecule has 0 saturated carbocycles. The largest absolute Gasteiger partial charge is 0.320 e. The van der Waals surface area contributed by atoms with E-state index in [0.717, 1.165) is 5.56 Å². The third kappa shape index (κ3) is 3.88. The van der Waals surface area contributed by atoms with Crippen LogP contribution in [0.5, 0.6) is 0 Å². The van der Waals surface area contributed by atoms with Crippen molar-refractivity contribution in [1.82, 2.24) is 9.71 Å². The summed E-state index contributed by atoms with van der Waals surface area (Å²) in [4.78, 5) is 4.22. The molecule has 1 aromatic heterocycles. The van der Waals surface area contributed by atoms with Gasteiger partial charge in [-0.3, -0.25) is 0 Å². The zero-order valence-corrected chi connectivity index (χ0v) is 12.2. The van der Waals surface area contributed by atoms with Crippen molar-refractivity contribution in [2.45, 2.75) is 11.4 Å². The number of aromatic nitrogens is 1. The summed E-state index contributed by atoms with van der Waals surface area (Å²) in [6.07, 6.45) is 0. The minimum atomic E-state index is -3.53. The molecule has 1 heterocycles. The first-order valence-electron chi connectivity index (χ1n) is 5.77. The van der Waals surface area contributed by atoms with Gasteiger partial charge < -0.3 is 5.73 Å². The Hall–Kier alpha value is -1.72. The number of sulfonamides is 1. The van der Waals surface area contributed by atoms with Crippen LogP contribution >= 0.6 is 11.3 Å². The van der Waals surface area contributed by atoms with Crippen LogP contribution in [0.3, 0.4) is 0 Å². The predicted molar refractivity (Wildman–Crippen MR) is 78.5 cm³/mol. The van der Waals surface area contributed by atoms with E-state index in [1.54, 1.807) is 23.0 Å². The maximum Gasteiger partial charge on any atom is 0.240 e. The van der Waals surface area contributed by atoms with Gasteiger partial charge in [-0.1, -0.05) is 11.8 Å². The standard InChI is InChI=1S/C13H13N3O2S2/c14-7-1-2-11-3-5-13(6-4-11)20(17,18)16-8-12-9-19-10-15-12/h3-6,9-10,16H,7-8,14H2. The molecule has 0 saturated heterocycles. The Bertz CT molecular complexity index is 711. The Labute approximate surface area is 121 Å². The fourth-order valence-corrected chi connectivity index (χ4v) is 3.00. The SMILES string of the molecule is NCC#Cc1ccc(S(=O)(=O)NCc2cscn2)cc1. The number of nitrogens with one attached hydrogen (secondary N) is 1. The summed E-state index contributed by atoms with van der Waals surface area (Å²) >= 11 is 1.42. The molecular formula is C13H13N3O2S2. The van der Waals surface area contributed by atoms with Crippen molar-refractivity contribution in [2.24, 2.45) is 5.73 Å². The van der Waals surface area contributed by atoms with E-state index in [9.17, 15) is 8.42 Å². The molecule has 0 amide bonds. The van der Waals surface area contributed by atoms with Crippen molar-refractivity contribution >= 4 is 21.4 Å². The quantitative estimate of drug-likeness (QED) is 0.823. The predicted octanol–water partition coefficient (Wildman–Crippen LogP) is 0.932. The average Bonchev–Trinajstić information content (AvgIpc) is 2.97. The summed E-state index contributed by atoms with van der Waals surface area (Å²) in [6.45, 7) is 0.454. The third-order valence-corrected chi connectivity index (χ3v) is 4.48. The van der Waals surface area contributed by atoms with Gasteiger partial charge in [0.2, 0.25) is 10.0 Å². The molecule has 3 N–H and O–H groups in total. The smallest absolute Gasteiger partial charge is 0.240 e. The Morgan fingerprint density at radius 1 is 1.30 bits per heavy atom. The maximum absolute atomic E-state index is 12.1. The van der Waals surface area contributed by atoms with E-state index in [0.29, 0.717) is 5.69 Å². The van der Waals surface area contributed by atoms with Crippen LogP contribution in [-0.2, 0) is 16.6 Å². The highest BCUT2D eigenvalue weighted by atomic mass is 32.2. The first-order valence-corrected chi connectivity index (χ1v) is 8.20. The van der Waals surface area contributed by atoms with Gasteiger partial charge in [-0.25, -0.2) is 18.1 Å². The Morgan fingerprint density at radius 2 is 2.05 bits per heavy atom. The van der Waals surface area contributed by atoms with Crippen LogP contribution in [0.25, 0.3) is 0 Å². The number of thiazole rings is 1. The van der Waals surface area contributed by atoms with E-state index in [2.05, 4.69) is 21.5 Å². The molecule has 20 heavy (non-hydrogen) atoms. The number of hydrogen-bond acceptors (Lipinski definition) is 5. The molecule has 0 unspecified atom stereocenters. The molecule has 2 rings (SSSR count). The molecule has 104 valence electrons. The van der Waals surface area contributed by atoms with Crippen molar-refractivity contribution in [3.63, 3.8) is 0 Å². The third-order valence-electron chi connectivity index (χ3n) is 2.43. The summed E-state index contributed by atoms with van der Waals surface area (Å²) in [6, 6.07) is 6.34. The van der Waals surface area contributed by atoms with E-state index < -0.39 is 10.0 Å². The molecule has 0 bridgehead atoms. The van der Waals surface area contributed by atoms with Crippen LogP contribution in [0.1, 0.15) is 11.3 Å². The fraction of sp³-hybridized carbons (Fsp3) is 0.154. The van der Waals surface area contributed by atoms with Gasteiger partial charge in [0, 0.05) is 10.9 Å². The van der Waals surface area contributed by atoms with Crippen LogP contribution in [0.4, 0.5) is 0 Å². The molecule has 0 aliphatic heterocycles. The van der Waals surface area contributed by atoms with Gasteiger partial charge >= 0.3 is 0 Å². The number of nitrogens with two attached hydrogens (primary N) is 1. The van der Waals surface area contributed by atoms with Crippen molar-refractivity contribution in [1.29, 1.82) is 0 Å². The second kappa shape index (κ2) is 6.63. The number of rotatable bonds is 4. The summed E-state index contributed by atoms with van der Waals surface area (Å²) in [5, 5.41) is 1.80. The van der Waals surface area contributed by atoms with Crippen LogP contribution in [0, 0.1) is 11.8 Å². The molecule has 1 aromatic carbocycles. The van der Waals surface area contributed by atoms with Crippen molar-refractivity contribution < 1.29 is 8.42 Å². The summed E-state index contributed by atoms with van der Waals surface area (Å²) in [7, 11) is -3.53. The second-order valence-electron chi connectivity index (χ2n) is 3.83. The van der Waals surface area contributed by atoms with E-state index >= 15 is 0 Å². The molecule has 0 fully saturated rings.